The zero-order valence-electron chi connectivity index (χ0n) is 8.74. The topological polar surface area (TPSA) is 41.3 Å². The van der Waals surface area contributed by atoms with Gasteiger partial charge in [0, 0.05) is 25.0 Å². The molecule has 78 valence electrons. The van der Waals surface area contributed by atoms with Crippen LogP contribution in [-0.4, -0.2) is 24.2 Å². The molecule has 2 aliphatic rings. The highest BCUT2D eigenvalue weighted by Crippen LogP contribution is 2.18. The van der Waals surface area contributed by atoms with Crippen LogP contribution >= 0.6 is 0 Å². The van der Waals surface area contributed by atoms with E-state index in [1.165, 1.54) is 25.9 Å². The highest BCUT2D eigenvalue weighted by molar-refractivity contribution is 5.20. The minimum atomic E-state index is 0.356. The SMILES string of the molecule is CC1CCN(C2C=CC(N)=CN2)CC1. The summed E-state index contributed by atoms with van der Waals surface area (Å²) < 4.78 is 0. The van der Waals surface area contributed by atoms with E-state index in [0.29, 0.717) is 6.17 Å². The number of piperidine rings is 1. The number of allylic oxidation sites excluding steroid dienone is 1. The predicted molar refractivity (Wildman–Crippen MR) is 58.3 cm³/mol. The summed E-state index contributed by atoms with van der Waals surface area (Å²) in [6.07, 6.45) is 9.00. The first-order valence-corrected chi connectivity index (χ1v) is 5.39. The molecule has 2 rings (SSSR count). The van der Waals surface area contributed by atoms with Crippen molar-refractivity contribution in [3.05, 3.63) is 24.0 Å². The van der Waals surface area contributed by atoms with Gasteiger partial charge in [0.1, 0.15) is 0 Å². The van der Waals surface area contributed by atoms with E-state index in [0.717, 1.165) is 11.6 Å². The number of dihydropyridines is 1. The van der Waals surface area contributed by atoms with Crippen LogP contribution in [0.4, 0.5) is 0 Å². The molecule has 0 aromatic rings. The summed E-state index contributed by atoms with van der Waals surface area (Å²) in [6.45, 7) is 4.72. The van der Waals surface area contributed by atoms with Gasteiger partial charge in [0.2, 0.25) is 0 Å². The molecule has 0 saturated carbocycles. The first kappa shape index (κ1) is 9.59. The Bertz CT molecular complexity index is 249. The summed E-state index contributed by atoms with van der Waals surface area (Å²) in [5.41, 5.74) is 6.45. The van der Waals surface area contributed by atoms with E-state index in [9.17, 15) is 0 Å². The fourth-order valence-electron chi connectivity index (χ4n) is 2.02. The number of likely N-dealkylation sites (tertiary alicyclic amines) is 1. The van der Waals surface area contributed by atoms with Gasteiger partial charge in [-0.3, -0.25) is 4.90 Å². The lowest BCUT2D eigenvalue weighted by Gasteiger charge is -2.36. The van der Waals surface area contributed by atoms with E-state index in [-0.39, 0.29) is 0 Å². The minimum Gasteiger partial charge on any atom is -0.398 e. The third kappa shape index (κ3) is 2.10. The average Bonchev–Trinajstić information content (AvgIpc) is 2.21. The first-order valence-electron chi connectivity index (χ1n) is 5.39. The molecule has 0 aromatic heterocycles. The summed E-state index contributed by atoms with van der Waals surface area (Å²) in [7, 11) is 0. The van der Waals surface area contributed by atoms with Crippen molar-refractivity contribution in [2.24, 2.45) is 11.7 Å². The fraction of sp³-hybridized carbons (Fsp3) is 0.636. The third-order valence-corrected chi connectivity index (χ3v) is 3.10. The van der Waals surface area contributed by atoms with Gasteiger partial charge in [-0.25, -0.2) is 0 Å². The lowest BCUT2D eigenvalue weighted by molar-refractivity contribution is 0.149. The Kier molecular flexibility index (Phi) is 2.77. The van der Waals surface area contributed by atoms with Crippen molar-refractivity contribution in [1.29, 1.82) is 0 Å². The van der Waals surface area contributed by atoms with E-state index in [2.05, 4.69) is 23.2 Å². The highest BCUT2D eigenvalue weighted by Gasteiger charge is 2.21. The smallest absolute Gasteiger partial charge is 0.0986 e. The maximum Gasteiger partial charge on any atom is 0.0986 e. The van der Waals surface area contributed by atoms with Crippen LogP contribution < -0.4 is 11.1 Å². The van der Waals surface area contributed by atoms with E-state index in [4.69, 9.17) is 5.73 Å². The van der Waals surface area contributed by atoms with Gasteiger partial charge < -0.3 is 11.1 Å². The molecule has 0 amide bonds. The largest absolute Gasteiger partial charge is 0.398 e. The standard InChI is InChI=1S/C11H19N3/c1-9-4-6-14(7-5-9)11-3-2-10(12)8-13-11/h2-3,8-9,11,13H,4-7,12H2,1H3. The number of nitrogens with zero attached hydrogens (tertiary/aromatic N) is 1. The third-order valence-electron chi connectivity index (χ3n) is 3.10. The lowest BCUT2D eigenvalue weighted by atomic mass is 9.99. The summed E-state index contributed by atoms with van der Waals surface area (Å²) in [5, 5.41) is 3.31. The summed E-state index contributed by atoms with van der Waals surface area (Å²) in [4.78, 5) is 2.47. The number of nitrogens with two attached hydrogens (primary N) is 1. The molecule has 2 heterocycles. The van der Waals surface area contributed by atoms with E-state index >= 15 is 0 Å². The number of hydrogen-bond donors (Lipinski definition) is 2. The van der Waals surface area contributed by atoms with Gasteiger partial charge in [0.05, 0.1) is 6.17 Å². The molecule has 0 radical (unpaired) electrons. The van der Waals surface area contributed by atoms with Gasteiger partial charge in [-0.15, -0.1) is 0 Å². The van der Waals surface area contributed by atoms with Gasteiger partial charge in [0.25, 0.3) is 0 Å². The maximum absolute atomic E-state index is 5.64. The van der Waals surface area contributed by atoms with Crippen molar-refractivity contribution in [1.82, 2.24) is 10.2 Å². The molecule has 14 heavy (non-hydrogen) atoms. The summed E-state index contributed by atoms with van der Waals surface area (Å²) >= 11 is 0. The Hall–Kier alpha value is -0.960. The molecular weight excluding hydrogens is 174 g/mol. The summed E-state index contributed by atoms with van der Waals surface area (Å²) in [5.74, 6) is 0.888. The average molecular weight is 193 g/mol. The molecular formula is C11H19N3. The van der Waals surface area contributed by atoms with Crippen LogP contribution in [0.1, 0.15) is 19.8 Å². The zero-order chi connectivity index (χ0) is 9.97. The van der Waals surface area contributed by atoms with Crippen molar-refractivity contribution in [3.63, 3.8) is 0 Å². The molecule has 0 aliphatic carbocycles. The second-order valence-corrected chi connectivity index (χ2v) is 4.33. The normalized spacial score (nSPS) is 29.8. The van der Waals surface area contributed by atoms with Crippen LogP contribution in [0.25, 0.3) is 0 Å². The number of rotatable bonds is 1. The quantitative estimate of drug-likeness (QED) is 0.653. The molecule has 3 N–H and O–H groups in total. The van der Waals surface area contributed by atoms with Crippen LogP contribution in [0.3, 0.4) is 0 Å². The number of hydrogen-bond acceptors (Lipinski definition) is 3. The van der Waals surface area contributed by atoms with Crippen molar-refractivity contribution in [2.45, 2.75) is 25.9 Å². The monoisotopic (exact) mass is 193 g/mol. The fourth-order valence-corrected chi connectivity index (χ4v) is 2.02. The van der Waals surface area contributed by atoms with Gasteiger partial charge in [-0.2, -0.15) is 0 Å². The van der Waals surface area contributed by atoms with Gasteiger partial charge in [0.15, 0.2) is 0 Å². The van der Waals surface area contributed by atoms with Crippen LogP contribution in [0.5, 0.6) is 0 Å². The van der Waals surface area contributed by atoms with Gasteiger partial charge >= 0.3 is 0 Å². The van der Waals surface area contributed by atoms with Gasteiger partial charge in [-0.05, 0) is 30.9 Å². The van der Waals surface area contributed by atoms with E-state index in [1.54, 1.807) is 0 Å². The molecule has 0 aromatic carbocycles. The van der Waals surface area contributed by atoms with Crippen LogP contribution in [0.2, 0.25) is 0 Å². The van der Waals surface area contributed by atoms with Crippen LogP contribution in [0, 0.1) is 5.92 Å². The molecule has 1 saturated heterocycles. The molecule has 2 aliphatic heterocycles. The predicted octanol–water partition coefficient (Wildman–Crippen LogP) is 1.00. The Balaban J connectivity index is 1.88. The molecule has 3 nitrogen and oxygen atoms in total. The van der Waals surface area contributed by atoms with Crippen molar-refractivity contribution in [3.8, 4) is 0 Å². The molecule has 1 atom stereocenters. The Morgan fingerprint density at radius 2 is 2.14 bits per heavy atom. The van der Waals surface area contributed by atoms with Gasteiger partial charge in [-0.1, -0.05) is 6.92 Å². The van der Waals surface area contributed by atoms with Crippen molar-refractivity contribution < 1.29 is 0 Å². The molecule has 0 bridgehead atoms. The van der Waals surface area contributed by atoms with Crippen molar-refractivity contribution >= 4 is 0 Å². The first-order chi connectivity index (χ1) is 6.75. The van der Waals surface area contributed by atoms with Crippen LogP contribution in [0.15, 0.2) is 24.0 Å². The molecule has 3 heteroatoms. The maximum atomic E-state index is 5.64. The highest BCUT2D eigenvalue weighted by atomic mass is 15.3. The zero-order valence-corrected chi connectivity index (χ0v) is 8.74. The minimum absolute atomic E-state index is 0.356. The Morgan fingerprint density at radius 3 is 2.71 bits per heavy atom. The second kappa shape index (κ2) is 4.05. The molecule has 0 spiro atoms. The molecule has 1 unspecified atom stereocenters. The van der Waals surface area contributed by atoms with Crippen LogP contribution in [-0.2, 0) is 0 Å². The van der Waals surface area contributed by atoms with E-state index < -0.39 is 0 Å². The Morgan fingerprint density at radius 1 is 1.43 bits per heavy atom. The Labute approximate surface area is 85.6 Å². The van der Waals surface area contributed by atoms with Crippen molar-refractivity contribution in [2.75, 3.05) is 13.1 Å². The second-order valence-electron chi connectivity index (χ2n) is 4.33. The lowest BCUT2D eigenvalue weighted by Crippen LogP contribution is -2.47. The van der Waals surface area contributed by atoms with E-state index in [1.807, 2.05) is 12.3 Å². The summed E-state index contributed by atoms with van der Waals surface area (Å²) in [6, 6.07) is 0. The molecule has 1 fully saturated rings. The number of nitrogens with one attached hydrogen (secondary N) is 1.